The topological polar surface area (TPSA) is 97.6 Å². The van der Waals surface area contributed by atoms with Crippen LogP contribution in [-0.2, 0) is 17.9 Å². The van der Waals surface area contributed by atoms with E-state index >= 15 is 0 Å². The number of carbonyl (C=O) groups excluding carboxylic acids is 1. The van der Waals surface area contributed by atoms with Crippen LogP contribution in [0.25, 0.3) is 5.69 Å². The van der Waals surface area contributed by atoms with Gasteiger partial charge in [-0.3, -0.25) is 9.59 Å². The molecule has 1 amide bonds. The van der Waals surface area contributed by atoms with Crippen LogP contribution in [-0.4, -0.2) is 43.4 Å². The van der Waals surface area contributed by atoms with E-state index in [1.807, 2.05) is 49.4 Å². The number of para-hydroxylation sites is 1. The molecule has 0 radical (unpaired) electrons. The summed E-state index contributed by atoms with van der Waals surface area (Å²) in [5, 5.41) is 18.2. The summed E-state index contributed by atoms with van der Waals surface area (Å²) in [5.41, 5.74) is 3.63. The van der Waals surface area contributed by atoms with Gasteiger partial charge in [-0.25, -0.2) is 0 Å². The third-order valence-corrected chi connectivity index (χ3v) is 5.17. The summed E-state index contributed by atoms with van der Waals surface area (Å²) < 4.78 is 5.87. The fraction of sp³-hybridized carbons (Fsp3) is 0.154. The van der Waals surface area contributed by atoms with E-state index in [0.29, 0.717) is 11.3 Å². The van der Waals surface area contributed by atoms with Crippen LogP contribution in [0.15, 0.2) is 84.9 Å². The molecule has 0 saturated heterocycles. The van der Waals surface area contributed by atoms with Gasteiger partial charge in [0.2, 0.25) is 0 Å². The normalized spacial score (nSPS) is 10.6. The van der Waals surface area contributed by atoms with Gasteiger partial charge in [0.25, 0.3) is 5.91 Å². The van der Waals surface area contributed by atoms with Crippen LogP contribution in [0.2, 0.25) is 0 Å². The van der Waals surface area contributed by atoms with Gasteiger partial charge < -0.3 is 14.7 Å². The number of ether oxygens (including phenoxy) is 1. The molecule has 0 fully saturated rings. The molecule has 3 aromatic carbocycles. The van der Waals surface area contributed by atoms with Crippen LogP contribution in [0, 0.1) is 6.92 Å². The minimum Gasteiger partial charge on any atom is -0.487 e. The first-order valence-corrected chi connectivity index (χ1v) is 10.8. The number of benzene rings is 3. The molecule has 8 heteroatoms. The number of carboxylic acids is 1. The maximum Gasteiger partial charge on any atom is 0.323 e. The Morgan fingerprint density at radius 1 is 0.912 bits per heavy atom. The highest BCUT2D eigenvalue weighted by Gasteiger charge is 2.19. The Morgan fingerprint density at radius 2 is 1.56 bits per heavy atom. The lowest BCUT2D eigenvalue weighted by Gasteiger charge is -2.21. The molecule has 0 atom stereocenters. The summed E-state index contributed by atoms with van der Waals surface area (Å²) in [6.45, 7) is 1.93. The smallest absolute Gasteiger partial charge is 0.323 e. The molecule has 0 unspecified atom stereocenters. The summed E-state index contributed by atoms with van der Waals surface area (Å²) in [6, 6.07) is 25.5. The summed E-state index contributed by atoms with van der Waals surface area (Å²) in [7, 11) is 0. The Morgan fingerprint density at radius 3 is 2.21 bits per heavy atom. The molecule has 0 aliphatic heterocycles. The van der Waals surface area contributed by atoms with E-state index in [4.69, 9.17) is 4.74 Å². The van der Waals surface area contributed by atoms with Crippen molar-refractivity contribution in [2.24, 2.45) is 0 Å². The van der Waals surface area contributed by atoms with Crippen LogP contribution in [0.4, 0.5) is 0 Å². The maximum atomic E-state index is 12.8. The van der Waals surface area contributed by atoms with Crippen LogP contribution in [0.5, 0.6) is 5.75 Å². The van der Waals surface area contributed by atoms with Crippen LogP contribution in [0.3, 0.4) is 0 Å². The Bertz CT molecular complexity index is 1260. The SMILES string of the molecule is Cc1nn(-c2ccccc2)nc1COc1ccc(CN(CC(=O)O)C(=O)c2ccccc2)cc1. The van der Waals surface area contributed by atoms with Crippen LogP contribution >= 0.6 is 0 Å². The maximum absolute atomic E-state index is 12.8. The van der Waals surface area contributed by atoms with Crippen molar-refractivity contribution in [2.75, 3.05) is 6.54 Å². The number of carboxylic acid groups (broad SMARTS) is 1. The minimum atomic E-state index is -1.07. The number of carbonyl (C=O) groups is 2. The number of hydrogen-bond donors (Lipinski definition) is 1. The summed E-state index contributed by atoms with van der Waals surface area (Å²) in [6.07, 6.45) is 0. The second-order valence-corrected chi connectivity index (χ2v) is 7.71. The largest absolute Gasteiger partial charge is 0.487 e. The number of aryl methyl sites for hydroxylation is 1. The highest BCUT2D eigenvalue weighted by Crippen LogP contribution is 2.17. The average molecular weight is 457 g/mol. The van der Waals surface area contributed by atoms with Crippen LogP contribution in [0.1, 0.15) is 27.3 Å². The molecule has 0 spiro atoms. The van der Waals surface area contributed by atoms with Gasteiger partial charge in [0.1, 0.15) is 24.6 Å². The second kappa shape index (κ2) is 10.4. The zero-order valence-electron chi connectivity index (χ0n) is 18.7. The van der Waals surface area contributed by atoms with Crippen molar-refractivity contribution < 1.29 is 19.4 Å². The highest BCUT2D eigenvalue weighted by molar-refractivity contribution is 5.95. The summed E-state index contributed by atoms with van der Waals surface area (Å²) in [4.78, 5) is 27.0. The lowest BCUT2D eigenvalue weighted by molar-refractivity contribution is -0.137. The van der Waals surface area contributed by atoms with Crippen molar-refractivity contribution in [3.63, 3.8) is 0 Å². The molecule has 0 aliphatic carbocycles. The zero-order valence-corrected chi connectivity index (χ0v) is 18.7. The number of rotatable bonds is 9. The Balaban J connectivity index is 1.40. The monoisotopic (exact) mass is 456 g/mol. The van der Waals surface area contributed by atoms with E-state index in [-0.39, 0.29) is 25.6 Å². The summed E-state index contributed by atoms with van der Waals surface area (Å²) >= 11 is 0. The van der Waals surface area contributed by atoms with E-state index in [2.05, 4.69) is 10.2 Å². The molecule has 1 N–H and O–H groups in total. The van der Waals surface area contributed by atoms with Crippen molar-refractivity contribution in [1.82, 2.24) is 19.9 Å². The predicted molar refractivity (Wildman–Crippen MR) is 126 cm³/mol. The second-order valence-electron chi connectivity index (χ2n) is 7.71. The first-order chi connectivity index (χ1) is 16.5. The highest BCUT2D eigenvalue weighted by atomic mass is 16.5. The van der Waals surface area contributed by atoms with Gasteiger partial charge in [0, 0.05) is 12.1 Å². The van der Waals surface area contributed by atoms with E-state index in [1.165, 1.54) is 4.90 Å². The number of hydrogen-bond acceptors (Lipinski definition) is 5. The summed E-state index contributed by atoms with van der Waals surface area (Å²) in [5.74, 6) is -0.764. The van der Waals surface area contributed by atoms with E-state index < -0.39 is 5.97 Å². The van der Waals surface area contributed by atoms with Gasteiger partial charge in [-0.05, 0) is 48.9 Å². The molecule has 172 valence electrons. The van der Waals surface area contributed by atoms with Crippen molar-refractivity contribution in [2.45, 2.75) is 20.1 Å². The first kappa shape index (κ1) is 22.7. The third-order valence-electron chi connectivity index (χ3n) is 5.17. The van der Waals surface area contributed by atoms with Crippen LogP contribution < -0.4 is 4.74 Å². The Labute approximate surface area is 197 Å². The molecule has 34 heavy (non-hydrogen) atoms. The van der Waals surface area contributed by atoms with Crippen molar-refractivity contribution in [3.05, 3.63) is 107 Å². The molecule has 8 nitrogen and oxygen atoms in total. The molecule has 0 saturated carbocycles. The number of amides is 1. The lowest BCUT2D eigenvalue weighted by Crippen LogP contribution is -2.35. The standard InChI is InChI=1S/C26H24N4O4/c1-19-24(28-30(27-19)22-10-6-3-7-11-22)18-34-23-14-12-20(13-15-23)16-29(17-25(31)32)26(33)21-8-4-2-5-9-21/h2-15H,16-18H2,1H3,(H,31,32). The molecule has 1 heterocycles. The number of aliphatic carboxylic acids is 1. The average Bonchev–Trinajstić information content (AvgIpc) is 3.24. The fourth-order valence-electron chi connectivity index (χ4n) is 3.41. The molecule has 4 aromatic rings. The molecule has 0 aliphatic rings. The van der Waals surface area contributed by atoms with Gasteiger partial charge in [-0.1, -0.05) is 48.5 Å². The van der Waals surface area contributed by atoms with Crippen molar-refractivity contribution >= 4 is 11.9 Å². The van der Waals surface area contributed by atoms with E-state index in [1.54, 1.807) is 47.3 Å². The molecule has 0 bridgehead atoms. The molecular weight excluding hydrogens is 432 g/mol. The molecule has 4 rings (SSSR count). The van der Waals surface area contributed by atoms with Gasteiger partial charge >= 0.3 is 5.97 Å². The Kier molecular flexibility index (Phi) is 6.98. The van der Waals surface area contributed by atoms with Gasteiger partial charge in [0.15, 0.2) is 0 Å². The quantitative estimate of drug-likeness (QED) is 0.411. The Hall–Kier alpha value is -4.46. The fourth-order valence-corrected chi connectivity index (χ4v) is 3.41. The molecule has 1 aromatic heterocycles. The zero-order chi connectivity index (χ0) is 23.9. The number of nitrogens with zero attached hydrogens (tertiary/aromatic N) is 4. The van der Waals surface area contributed by atoms with Crippen molar-refractivity contribution in [3.8, 4) is 11.4 Å². The number of aromatic nitrogens is 3. The first-order valence-electron chi connectivity index (χ1n) is 10.8. The minimum absolute atomic E-state index is 0.171. The van der Waals surface area contributed by atoms with Gasteiger partial charge in [-0.15, -0.1) is 5.10 Å². The van der Waals surface area contributed by atoms with Crippen molar-refractivity contribution in [1.29, 1.82) is 0 Å². The predicted octanol–water partition coefficient (Wildman–Crippen LogP) is 3.88. The molecular formula is C26H24N4O4. The van der Waals surface area contributed by atoms with Gasteiger partial charge in [0.05, 0.1) is 11.4 Å². The van der Waals surface area contributed by atoms with E-state index in [0.717, 1.165) is 22.6 Å². The van der Waals surface area contributed by atoms with E-state index in [9.17, 15) is 14.7 Å². The third kappa shape index (κ3) is 5.66. The van der Waals surface area contributed by atoms with Gasteiger partial charge in [-0.2, -0.15) is 9.90 Å². The lowest BCUT2D eigenvalue weighted by atomic mass is 10.1.